The van der Waals surface area contributed by atoms with Crippen LogP contribution in [0.3, 0.4) is 0 Å². The molecular formula is C17H12F2N2O2. The van der Waals surface area contributed by atoms with Crippen LogP contribution in [-0.2, 0) is 7.05 Å². The maximum Gasteiger partial charge on any atom is 0.356 e. The Morgan fingerprint density at radius 2 is 1.74 bits per heavy atom. The van der Waals surface area contributed by atoms with Crippen molar-refractivity contribution in [2.45, 2.75) is 0 Å². The molecule has 0 unspecified atom stereocenters. The van der Waals surface area contributed by atoms with Gasteiger partial charge < -0.3 is 5.11 Å². The van der Waals surface area contributed by atoms with Gasteiger partial charge >= 0.3 is 5.97 Å². The Bertz CT molecular complexity index is 903. The fourth-order valence-electron chi connectivity index (χ4n) is 2.41. The van der Waals surface area contributed by atoms with Crippen LogP contribution in [0.25, 0.3) is 22.4 Å². The van der Waals surface area contributed by atoms with E-state index in [2.05, 4.69) is 5.10 Å². The lowest BCUT2D eigenvalue weighted by molar-refractivity contribution is 0.0689. The number of aromatic carboxylic acids is 1. The molecule has 3 rings (SSSR count). The molecule has 0 bridgehead atoms. The van der Waals surface area contributed by atoms with Crippen molar-refractivity contribution >= 4 is 5.97 Å². The largest absolute Gasteiger partial charge is 0.476 e. The fraction of sp³-hybridized carbons (Fsp3) is 0.0588. The van der Waals surface area contributed by atoms with E-state index in [0.717, 1.165) is 0 Å². The van der Waals surface area contributed by atoms with Crippen molar-refractivity contribution in [1.29, 1.82) is 0 Å². The molecule has 4 nitrogen and oxygen atoms in total. The quantitative estimate of drug-likeness (QED) is 0.801. The van der Waals surface area contributed by atoms with Gasteiger partial charge in [0, 0.05) is 23.7 Å². The van der Waals surface area contributed by atoms with E-state index >= 15 is 0 Å². The van der Waals surface area contributed by atoms with E-state index in [9.17, 15) is 13.6 Å². The first-order valence-electron chi connectivity index (χ1n) is 6.79. The molecule has 0 atom stereocenters. The number of rotatable bonds is 3. The molecule has 116 valence electrons. The standard InChI is InChI=1S/C17H12F2N2O2/c1-21-16(9-15(20-21)17(22)23)10-6-7-14(19)12(8-10)11-4-2-3-5-13(11)18/h2-9H,1H3,(H,22,23). The van der Waals surface area contributed by atoms with E-state index in [-0.39, 0.29) is 16.8 Å². The summed E-state index contributed by atoms with van der Waals surface area (Å²) in [6.45, 7) is 0. The molecule has 1 aromatic heterocycles. The minimum Gasteiger partial charge on any atom is -0.476 e. The Morgan fingerprint density at radius 3 is 2.39 bits per heavy atom. The van der Waals surface area contributed by atoms with Crippen LogP contribution in [0, 0.1) is 11.6 Å². The number of hydrogen-bond acceptors (Lipinski definition) is 2. The van der Waals surface area contributed by atoms with Gasteiger partial charge in [-0.3, -0.25) is 4.68 Å². The lowest BCUT2D eigenvalue weighted by Gasteiger charge is -2.08. The van der Waals surface area contributed by atoms with E-state index in [4.69, 9.17) is 5.11 Å². The first-order chi connectivity index (χ1) is 11.0. The summed E-state index contributed by atoms with van der Waals surface area (Å²) in [5.41, 5.74) is 1.19. The minimum absolute atomic E-state index is 0.110. The first-order valence-corrected chi connectivity index (χ1v) is 6.79. The molecule has 0 fully saturated rings. The number of carboxylic acids is 1. The van der Waals surface area contributed by atoms with E-state index in [1.807, 2.05) is 0 Å². The number of halogens is 2. The van der Waals surface area contributed by atoms with Crippen molar-refractivity contribution in [2.75, 3.05) is 0 Å². The maximum atomic E-state index is 14.1. The van der Waals surface area contributed by atoms with Gasteiger partial charge in [-0.2, -0.15) is 5.10 Å². The van der Waals surface area contributed by atoms with Gasteiger partial charge in [0.1, 0.15) is 11.6 Å². The molecule has 0 saturated heterocycles. The highest BCUT2D eigenvalue weighted by atomic mass is 19.1. The lowest BCUT2D eigenvalue weighted by Crippen LogP contribution is -1.99. The molecule has 0 saturated carbocycles. The van der Waals surface area contributed by atoms with Gasteiger partial charge in [0.15, 0.2) is 5.69 Å². The molecule has 1 N–H and O–H groups in total. The Morgan fingerprint density at radius 1 is 1.04 bits per heavy atom. The molecule has 0 aliphatic heterocycles. The van der Waals surface area contributed by atoms with Gasteiger partial charge in [-0.05, 0) is 30.3 Å². The number of carboxylic acid groups (broad SMARTS) is 1. The normalized spacial score (nSPS) is 10.7. The first kappa shape index (κ1) is 14.9. The van der Waals surface area contributed by atoms with Crippen molar-refractivity contribution in [3.8, 4) is 22.4 Å². The maximum absolute atomic E-state index is 14.1. The number of carbonyl (C=O) groups is 1. The van der Waals surface area contributed by atoms with Gasteiger partial charge in [0.2, 0.25) is 0 Å². The molecular weight excluding hydrogens is 302 g/mol. The summed E-state index contributed by atoms with van der Waals surface area (Å²) in [4.78, 5) is 11.0. The highest BCUT2D eigenvalue weighted by Crippen LogP contribution is 2.30. The van der Waals surface area contributed by atoms with Crippen LogP contribution in [0.4, 0.5) is 8.78 Å². The average Bonchev–Trinajstić information content (AvgIpc) is 2.91. The third-order valence-corrected chi connectivity index (χ3v) is 3.53. The van der Waals surface area contributed by atoms with Crippen molar-refractivity contribution in [3.63, 3.8) is 0 Å². The number of aromatic nitrogens is 2. The van der Waals surface area contributed by atoms with Crippen LogP contribution in [0.5, 0.6) is 0 Å². The number of hydrogen-bond donors (Lipinski definition) is 1. The van der Waals surface area contributed by atoms with Crippen molar-refractivity contribution in [2.24, 2.45) is 7.05 Å². The summed E-state index contributed by atoms with van der Waals surface area (Å²) in [7, 11) is 1.59. The smallest absolute Gasteiger partial charge is 0.356 e. The topological polar surface area (TPSA) is 55.1 Å². The van der Waals surface area contributed by atoms with Gasteiger partial charge in [0.25, 0.3) is 0 Å². The Labute approximate surface area is 130 Å². The second kappa shape index (κ2) is 5.64. The summed E-state index contributed by atoms with van der Waals surface area (Å²) >= 11 is 0. The third-order valence-electron chi connectivity index (χ3n) is 3.53. The Balaban J connectivity index is 2.15. The van der Waals surface area contributed by atoms with E-state index in [0.29, 0.717) is 11.3 Å². The van der Waals surface area contributed by atoms with Gasteiger partial charge in [-0.15, -0.1) is 0 Å². The van der Waals surface area contributed by atoms with Crippen molar-refractivity contribution in [3.05, 3.63) is 65.9 Å². The Hall–Kier alpha value is -3.02. The zero-order valence-corrected chi connectivity index (χ0v) is 12.1. The molecule has 6 heteroatoms. The molecule has 2 aromatic carbocycles. The second-order valence-corrected chi connectivity index (χ2v) is 5.02. The predicted octanol–water partition coefficient (Wildman–Crippen LogP) is 3.73. The fourth-order valence-corrected chi connectivity index (χ4v) is 2.41. The predicted molar refractivity (Wildman–Crippen MR) is 81.0 cm³/mol. The van der Waals surface area contributed by atoms with E-state index in [1.165, 1.54) is 47.1 Å². The highest BCUT2D eigenvalue weighted by Gasteiger charge is 2.15. The summed E-state index contributed by atoms with van der Waals surface area (Å²) in [6.07, 6.45) is 0. The summed E-state index contributed by atoms with van der Waals surface area (Å²) in [6, 6.07) is 11.5. The van der Waals surface area contributed by atoms with Crippen LogP contribution in [0.1, 0.15) is 10.5 Å². The van der Waals surface area contributed by atoms with Gasteiger partial charge in [0.05, 0.1) is 5.69 Å². The molecule has 0 aliphatic rings. The molecule has 0 amide bonds. The van der Waals surface area contributed by atoms with E-state index < -0.39 is 17.6 Å². The van der Waals surface area contributed by atoms with Crippen LogP contribution < -0.4 is 0 Å². The SMILES string of the molecule is Cn1nc(C(=O)O)cc1-c1ccc(F)c(-c2ccccc2F)c1. The van der Waals surface area contributed by atoms with Gasteiger partial charge in [-0.25, -0.2) is 13.6 Å². The van der Waals surface area contributed by atoms with Crippen LogP contribution in [0.15, 0.2) is 48.5 Å². The van der Waals surface area contributed by atoms with Crippen molar-refractivity contribution < 1.29 is 18.7 Å². The Kier molecular flexibility index (Phi) is 3.65. The highest BCUT2D eigenvalue weighted by molar-refractivity contribution is 5.87. The second-order valence-electron chi connectivity index (χ2n) is 5.02. The molecule has 1 heterocycles. The molecule has 23 heavy (non-hydrogen) atoms. The third kappa shape index (κ3) is 2.70. The molecule has 0 spiro atoms. The van der Waals surface area contributed by atoms with Crippen molar-refractivity contribution in [1.82, 2.24) is 9.78 Å². The molecule has 3 aromatic rings. The zero-order valence-electron chi connectivity index (χ0n) is 12.1. The van der Waals surface area contributed by atoms with Gasteiger partial charge in [-0.1, -0.05) is 18.2 Å². The summed E-state index contributed by atoms with van der Waals surface area (Å²) < 4.78 is 29.4. The van der Waals surface area contributed by atoms with Crippen LogP contribution in [0.2, 0.25) is 0 Å². The summed E-state index contributed by atoms with van der Waals surface area (Å²) in [5, 5.41) is 12.9. The monoisotopic (exact) mass is 314 g/mol. The number of aryl methyl sites for hydroxylation is 1. The lowest BCUT2D eigenvalue weighted by atomic mass is 10.0. The molecule has 0 aliphatic carbocycles. The van der Waals surface area contributed by atoms with Crippen LogP contribution in [-0.4, -0.2) is 20.9 Å². The average molecular weight is 314 g/mol. The number of nitrogens with zero attached hydrogens (tertiary/aromatic N) is 2. The van der Waals surface area contributed by atoms with E-state index in [1.54, 1.807) is 13.1 Å². The summed E-state index contributed by atoms with van der Waals surface area (Å²) in [5.74, 6) is -2.23. The van der Waals surface area contributed by atoms with Crippen LogP contribution >= 0.6 is 0 Å². The number of benzene rings is 2. The zero-order chi connectivity index (χ0) is 16.6. The molecule has 0 radical (unpaired) electrons. The minimum atomic E-state index is -1.15.